The van der Waals surface area contributed by atoms with Crippen molar-refractivity contribution in [3.8, 4) is 11.5 Å². The van der Waals surface area contributed by atoms with E-state index in [1.54, 1.807) is 18.2 Å². The van der Waals surface area contributed by atoms with Crippen molar-refractivity contribution in [2.24, 2.45) is 5.14 Å². The van der Waals surface area contributed by atoms with Gasteiger partial charge in [-0.3, -0.25) is 0 Å². The Balaban J connectivity index is 2.39. The summed E-state index contributed by atoms with van der Waals surface area (Å²) >= 11 is 0. The molecule has 1 aliphatic heterocycles. The highest BCUT2D eigenvalue weighted by atomic mass is 32.2. The first-order valence-electron chi connectivity index (χ1n) is 4.44. The second-order valence-corrected chi connectivity index (χ2v) is 4.86. The number of primary sulfonamides is 1. The zero-order chi connectivity index (χ0) is 10.9. The van der Waals surface area contributed by atoms with E-state index in [4.69, 9.17) is 14.6 Å². The van der Waals surface area contributed by atoms with Crippen LogP contribution in [-0.4, -0.2) is 21.6 Å². The minimum absolute atomic E-state index is 0.237. The Labute approximate surface area is 87.8 Å². The van der Waals surface area contributed by atoms with E-state index >= 15 is 0 Å². The van der Waals surface area contributed by atoms with Crippen LogP contribution >= 0.6 is 0 Å². The molecule has 0 fully saturated rings. The molecule has 82 valence electrons. The van der Waals surface area contributed by atoms with Crippen LogP contribution in [0, 0.1) is 0 Å². The van der Waals surface area contributed by atoms with Crippen LogP contribution in [0.15, 0.2) is 18.2 Å². The monoisotopic (exact) mass is 229 g/mol. The van der Waals surface area contributed by atoms with E-state index in [9.17, 15) is 8.42 Å². The lowest BCUT2D eigenvalue weighted by Crippen LogP contribution is -2.19. The van der Waals surface area contributed by atoms with E-state index in [0.29, 0.717) is 30.3 Å². The van der Waals surface area contributed by atoms with Gasteiger partial charge in [-0.2, -0.15) is 0 Å². The number of ether oxygens (including phenoxy) is 2. The van der Waals surface area contributed by atoms with Crippen LogP contribution < -0.4 is 14.6 Å². The predicted octanol–water partition coefficient (Wildman–Crippen LogP) is 0.246. The molecule has 1 aromatic rings. The molecule has 0 spiro atoms. The van der Waals surface area contributed by atoms with Crippen LogP contribution in [0.2, 0.25) is 0 Å². The van der Waals surface area contributed by atoms with Crippen LogP contribution in [0.3, 0.4) is 0 Å². The summed E-state index contributed by atoms with van der Waals surface area (Å²) in [6.45, 7) is 0.903. The first-order valence-corrected chi connectivity index (χ1v) is 6.16. The molecule has 6 heteroatoms. The molecule has 0 amide bonds. The van der Waals surface area contributed by atoms with Crippen LogP contribution in [0.1, 0.15) is 5.56 Å². The van der Waals surface area contributed by atoms with Gasteiger partial charge in [0.2, 0.25) is 10.0 Å². The summed E-state index contributed by atoms with van der Waals surface area (Å²) in [6, 6.07) is 5.12. The fourth-order valence-electron chi connectivity index (χ4n) is 1.46. The summed E-state index contributed by atoms with van der Waals surface area (Å²) in [6.07, 6.45) is 0. The first-order chi connectivity index (χ1) is 7.06. The van der Waals surface area contributed by atoms with E-state index in [2.05, 4.69) is 0 Å². The normalized spacial score (nSPS) is 15.0. The molecule has 5 nitrogen and oxygen atoms in total. The predicted molar refractivity (Wildman–Crippen MR) is 54.2 cm³/mol. The van der Waals surface area contributed by atoms with Gasteiger partial charge in [-0.25, -0.2) is 13.6 Å². The van der Waals surface area contributed by atoms with Crippen LogP contribution in [0.5, 0.6) is 11.5 Å². The van der Waals surface area contributed by atoms with Gasteiger partial charge in [-0.15, -0.1) is 0 Å². The fraction of sp³-hybridized carbons (Fsp3) is 0.333. The Morgan fingerprint density at radius 3 is 2.73 bits per heavy atom. The highest BCUT2D eigenvalue weighted by molar-refractivity contribution is 7.88. The van der Waals surface area contributed by atoms with Crippen molar-refractivity contribution in [2.45, 2.75) is 5.75 Å². The van der Waals surface area contributed by atoms with Crippen molar-refractivity contribution in [2.75, 3.05) is 13.2 Å². The molecule has 0 saturated carbocycles. The molecule has 0 saturated heterocycles. The third-order valence-electron chi connectivity index (χ3n) is 2.00. The largest absolute Gasteiger partial charge is 0.486 e. The van der Waals surface area contributed by atoms with E-state index in [-0.39, 0.29) is 5.75 Å². The Hall–Kier alpha value is -1.27. The van der Waals surface area contributed by atoms with Crippen LogP contribution in [-0.2, 0) is 15.8 Å². The average Bonchev–Trinajstić information content (AvgIpc) is 2.16. The van der Waals surface area contributed by atoms with Crippen LogP contribution in [0.4, 0.5) is 0 Å². The summed E-state index contributed by atoms with van der Waals surface area (Å²) in [5.74, 6) is 0.819. The average molecular weight is 229 g/mol. The quantitative estimate of drug-likeness (QED) is 0.788. The lowest BCUT2D eigenvalue weighted by atomic mass is 10.2. The smallest absolute Gasteiger partial charge is 0.213 e. The number of hydrogen-bond donors (Lipinski definition) is 1. The molecule has 15 heavy (non-hydrogen) atoms. The first kappa shape index (κ1) is 10.3. The zero-order valence-corrected chi connectivity index (χ0v) is 8.79. The maximum absolute atomic E-state index is 11.0. The van der Waals surface area contributed by atoms with Crippen LogP contribution in [0.25, 0.3) is 0 Å². The minimum Gasteiger partial charge on any atom is -0.486 e. The number of fused-ring (bicyclic) bond motifs is 1. The number of sulfonamides is 1. The highest BCUT2D eigenvalue weighted by Gasteiger charge is 2.18. The van der Waals surface area contributed by atoms with Gasteiger partial charge in [-0.05, 0) is 6.07 Å². The molecule has 0 unspecified atom stereocenters. The van der Waals surface area contributed by atoms with E-state index in [0.717, 1.165) is 0 Å². The molecule has 0 aliphatic carbocycles. The molecule has 2 N–H and O–H groups in total. The SMILES string of the molecule is NS(=O)(=O)Cc1cccc2c1OCCO2. The summed E-state index contributed by atoms with van der Waals surface area (Å²) in [7, 11) is -3.55. The van der Waals surface area contributed by atoms with Gasteiger partial charge in [-0.1, -0.05) is 12.1 Å². The minimum atomic E-state index is -3.55. The maximum atomic E-state index is 11.0. The summed E-state index contributed by atoms with van der Waals surface area (Å²) in [5, 5.41) is 4.98. The lowest BCUT2D eigenvalue weighted by molar-refractivity contribution is 0.170. The second-order valence-electron chi connectivity index (χ2n) is 3.25. The van der Waals surface area contributed by atoms with Gasteiger partial charge in [0.05, 0.1) is 5.75 Å². The van der Waals surface area contributed by atoms with Gasteiger partial charge < -0.3 is 9.47 Å². The molecule has 0 atom stereocenters. The summed E-state index contributed by atoms with van der Waals surface area (Å²) < 4.78 is 32.6. The fourth-order valence-corrected chi connectivity index (χ4v) is 2.13. The van der Waals surface area contributed by atoms with Gasteiger partial charge in [0, 0.05) is 5.56 Å². The number of nitrogens with two attached hydrogens (primary N) is 1. The molecular weight excluding hydrogens is 218 g/mol. The zero-order valence-electron chi connectivity index (χ0n) is 7.97. The molecule has 0 aromatic heterocycles. The van der Waals surface area contributed by atoms with E-state index in [1.807, 2.05) is 0 Å². The lowest BCUT2D eigenvalue weighted by Gasteiger charge is -2.20. The molecule has 2 rings (SSSR count). The Bertz CT molecular complexity index is 469. The Morgan fingerprint density at radius 2 is 2.00 bits per heavy atom. The van der Waals surface area contributed by atoms with Crippen molar-refractivity contribution < 1.29 is 17.9 Å². The van der Waals surface area contributed by atoms with E-state index < -0.39 is 10.0 Å². The standard InChI is InChI=1S/C9H11NO4S/c10-15(11,12)6-7-2-1-3-8-9(7)14-5-4-13-8/h1-3H,4-6H2,(H2,10,11,12). The Morgan fingerprint density at radius 1 is 1.27 bits per heavy atom. The van der Waals surface area contributed by atoms with Crippen molar-refractivity contribution in [1.29, 1.82) is 0 Å². The summed E-state index contributed by atoms with van der Waals surface area (Å²) in [4.78, 5) is 0. The van der Waals surface area contributed by atoms with Crippen molar-refractivity contribution in [3.63, 3.8) is 0 Å². The molecule has 0 bridgehead atoms. The summed E-state index contributed by atoms with van der Waals surface area (Å²) in [5.41, 5.74) is 0.537. The third-order valence-corrected chi connectivity index (χ3v) is 2.72. The van der Waals surface area contributed by atoms with Crippen molar-refractivity contribution in [1.82, 2.24) is 0 Å². The second kappa shape index (κ2) is 3.71. The third kappa shape index (κ3) is 2.40. The topological polar surface area (TPSA) is 78.6 Å². The molecule has 1 heterocycles. The van der Waals surface area contributed by atoms with Crippen molar-refractivity contribution in [3.05, 3.63) is 23.8 Å². The molecular formula is C9H11NO4S. The van der Waals surface area contributed by atoms with Gasteiger partial charge in [0.15, 0.2) is 11.5 Å². The Kier molecular flexibility index (Phi) is 2.54. The van der Waals surface area contributed by atoms with Crippen molar-refractivity contribution >= 4 is 10.0 Å². The van der Waals surface area contributed by atoms with Gasteiger partial charge >= 0.3 is 0 Å². The number of hydrogen-bond acceptors (Lipinski definition) is 4. The van der Waals surface area contributed by atoms with E-state index in [1.165, 1.54) is 0 Å². The number of benzene rings is 1. The molecule has 1 aliphatic rings. The molecule has 0 radical (unpaired) electrons. The number of para-hydroxylation sites is 1. The molecule has 1 aromatic carbocycles. The van der Waals surface area contributed by atoms with Gasteiger partial charge in [0.1, 0.15) is 13.2 Å². The highest BCUT2D eigenvalue weighted by Crippen LogP contribution is 2.34. The van der Waals surface area contributed by atoms with Gasteiger partial charge in [0.25, 0.3) is 0 Å². The maximum Gasteiger partial charge on any atom is 0.213 e. The number of rotatable bonds is 2.